The van der Waals surface area contributed by atoms with E-state index in [9.17, 15) is 9.59 Å². The molecule has 2 atom stereocenters. The molecular formula is C22H24ClNO3S. The van der Waals surface area contributed by atoms with Gasteiger partial charge in [0.15, 0.2) is 0 Å². The number of thioether (sulfide) groups is 1. The second-order valence-electron chi connectivity index (χ2n) is 6.77. The van der Waals surface area contributed by atoms with Crippen LogP contribution in [0.15, 0.2) is 48.5 Å². The monoisotopic (exact) mass is 417 g/mol. The molecule has 0 aliphatic carbocycles. The number of benzene rings is 2. The van der Waals surface area contributed by atoms with Gasteiger partial charge < -0.3 is 9.64 Å². The van der Waals surface area contributed by atoms with Crippen LogP contribution in [-0.2, 0) is 9.53 Å². The first-order valence-corrected chi connectivity index (χ1v) is 10.9. The van der Waals surface area contributed by atoms with Gasteiger partial charge in [0.25, 0.3) is 5.91 Å². The SMILES string of the molecule is CCCCOC(=O)[C@H]1CS[C@H](c2ccccc2Cl)N1C(=O)c1ccccc1C. The third-order valence-electron chi connectivity index (χ3n) is 4.80. The number of carbonyl (C=O) groups is 2. The summed E-state index contributed by atoms with van der Waals surface area (Å²) >= 11 is 7.96. The van der Waals surface area contributed by atoms with E-state index in [1.165, 1.54) is 0 Å². The molecule has 1 amide bonds. The summed E-state index contributed by atoms with van der Waals surface area (Å²) in [6, 6.07) is 14.3. The van der Waals surface area contributed by atoms with Gasteiger partial charge in [-0.1, -0.05) is 61.3 Å². The second-order valence-corrected chi connectivity index (χ2v) is 8.29. The molecular weight excluding hydrogens is 394 g/mol. The number of aryl methyl sites for hydroxylation is 1. The highest BCUT2D eigenvalue weighted by molar-refractivity contribution is 7.99. The summed E-state index contributed by atoms with van der Waals surface area (Å²) in [6.45, 7) is 4.32. The lowest BCUT2D eigenvalue weighted by Gasteiger charge is -2.29. The Hall–Kier alpha value is -1.98. The summed E-state index contributed by atoms with van der Waals surface area (Å²) < 4.78 is 5.45. The van der Waals surface area contributed by atoms with Gasteiger partial charge in [-0.3, -0.25) is 4.79 Å². The van der Waals surface area contributed by atoms with Gasteiger partial charge >= 0.3 is 5.97 Å². The van der Waals surface area contributed by atoms with E-state index in [1.807, 2.05) is 50.2 Å². The highest BCUT2D eigenvalue weighted by Crippen LogP contribution is 2.44. The van der Waals surface area contributed by atoms with Gasteiger partial charge in [0.2, 0.25) is 0 Å². The number of unbranched alkanes of at least 4 members (excludes halogenated alkanes) is 1. The van der Waals surface area contributed by atoms with Crippen molar-refractivity contribution in [3.05, 3.63) is 70.2 Å². The smallest absolute Gasteiger partial charge is 0.329 e. The summed E-state index contributed by atoms with van der Waals surface area (Å²) in [5.41, 5.74) is 2.30. The van der Waals surface area contributed by atoms with Crippen molar-refractivity contribution in [1.82, 2.24) is 4.90 Å². The van der Waals surface area contributed by atoms with Gasteiger partial charge in [0.05, 0.1) is 6.61 Å². The molecule has 0 saturated carbocycles. The molecule has 3 rings (SSSR count). The number of hydrogen-bond donors (Lipinski definition) is 0. The fraction of sp³-hybridized carbons (Fsp3) is 0.364. The molecule has 0 bridgehead atoms. The van der Waals surface area contributed by atoms with Crippen molar-refractivity contribution >= 4 is 35.2 Å². The summed E-state index contributed by atoms with van der Waals surface area (Å²) in [5.74, 6) is -0.0405. The minimum absolute atomic E-state index is 0.175. The van der Waals surface area contributed by atoms with Gasteiger partial charge in [-0.05, 0) is 31.0 Å². The fourth-order valence-electron chi connectivity index (χ4n) is 3.22. The molecule has 1 saturated heterocycles. The molecule has 1 aliphatic heterocycles. The summed E-state index contributed by atoms with van der Waals surface area (Å²) in [5, 5.41) is 0.257. The summed E-state index contributed by atoms with van der Waals surface area (Å²) in [4.78, 5) is 27.9. The first-order valence-electron chi connectivity index (χ1n) is 9.45. The number of rotatable bonds is 6. The molecule has 6 heteroatoms. The van der Waals surface area contributed by atoms with E-state index in [0.29, 0.717) is 22.9 Å². The third-order valence-corrected chi connectivity index (χ3v) is 6.45. The fourth-order valence-corrected chi connectivity index (χ4v) is 4.97. The van der Waals surface area contributed by atoms with Gasteiger partial charge in [0.1, 0.15) is 11.4 Å². The van der Waals surface area contributed by atoms with Crippen LogP contribution in [0.25, 0.3) is 0 Å². The highest BCUT2D eigenvalue weighted by atomic mass is 35.5. The molecule has 1 fully saturated rings. The van der Waals surface area contributed by atoms with E-state index in [4.69, 9.17) is 16.3 Å². The Kier molecular flexibility index (Phi) is 7.03. The number of nitrogens with zero attached hydrogens (tertiary/aromatic N) is 1. The van der Waals surface area contributed by atoms with E-state index in [2.05, 4.69) is 0 Å². The minimum Gasteiger partial charge on any atom is -0.464 e. The Balaban J connectivity index is 1.95. The van der Waals surface area contributed by atoms with Crippen LogP contribution >= 0.6 is 23.4 Å². The van der Waals surface area contributed by atoms with Crippen molar-refractivity contribution < 1.29 is 14.3 Å². The zero-order valence-electron chi connectivity index (χ0n) is 16.1. The number of carbonyl (C=O) groups excluding carboxylic acids is 2. The average molecular weight is 418 g/mol. The lowest BCUT2D eigenvalue weighted by molar-refractivity contribution is -0.148. The molecule has 148 valence electrons. The summed E-state index contributed by atoms with van der Waals surface area (Å²) in [7, 11) is 0. The molecule has 0 aromatic heterocycles. The zero-order chi connectivity index (χ0) is 20.1. The zero-order valence-corrected chi connectivity index (χ0v) is 17.6. The topological polar surface area (TPSA) is 46.6 Å². The number of esters is 1. The minimum atomic E-state index is -0.629. The number of amides is 1. The molecule has 4 nitrogen and oxygen atoms in total. The third kappa shape index (κ3) is 4.36. The molecule has 0 radical (unpaired) electrons. The van der Waals surface area contributed by atoms with Gasteiger partial charge in [-0.2, -0.15) is 0 Å². The molecule has 1 heterocycles. The first-order chi connectivity index (χ1) is 13.5. The van der Waals surface area contributed by atoms with Crippen molar-refractivity contribution in [2.45, 2.75) is 38.1 Å². The predicted molar refractivity (Wildman–Crippen MR) is 114 cm³/mol. The largest absolute Gasteiger partial charge is 0.464 e. The van der Waals surface area contributed by atoms with E-state index >= 15 is 0 Å². The maximum atomic E-state index is 13.5. The number of hydrogen-bond acceptors (Lipinski definition) is 4. The number of halogens is 1. The van der Waals surface area contributed by atoms with Crippen molar-refractivity contribution in [1.29, 1.82) is 0 Å². The molecule has 2 aromatic carbocycles. The molecule has 28 heavy (non-hydrogen) atoms. The van der Waals surface area contributed by atoms with Crippen LogP contribution in [0, 0.1) is 6.92 Å². The summed E-state index contributed by atoms with van der Waals surface area (Å²) in [6.07, 6.45) is 1.76. The molecule has 0 N–H and O–H groups in total. The van der Waals surface area contributed by atoms with Crippen LogP contribution in [0.1, 0.15) is 46.6 Å². The van der Waals surface area contributed by atoms with Gasteiger partial charge in [-0.25, -0.2) is 4.79 Å². The van der Waals surface area contributed by atoms with Crippen LogP contribution in [0.3, 0.4) is 0 Å². The maximum absolute atomic E-state index is 13.5. The van der Waals surface area contributed by atoms with E-state index < -0.39 is 6.04 Å². The lowest BCUT2D eigenvalue weighted by Crippen LogP contribution is -2.44. The van der Waals surface area contributed by atoms with Crippen LogP contribution in [0.5, 0.6) is 0 Å². The first kappa shape index (κ1) is 20.7. The van der Waals surface area contributed by atoms with E-state index in [0.717, 1.165) is 24.0 Å². The molecule has 0 unspecified atom stereocenters. The van der Waals surface area contributed by atoms with Crippen molar-refractivity contribution in [3.63, 3.8) is 0 Å². The van der Waals surface area contributed by atoms with Crippen LogP contribution < -0.4 is 0 Å². The van der Waals surface area contributed by atoms with Crippen LogP contribution in [0.2, 0.25) is 5.02 Å². The molecule has 2 aromatic rings. The Labute approximate surface area is 175 Å². The van der Waals surface area contributed by atoms with E-state index in [-0.39, 0.29) is 17.3 Å². The lowest BCUT2D eigenvalue weighted by atomic mass is 10.1. The van der Waals surface area contributed by atoms with Crippen molar-refractivity contribution in [2.75, 3.05) is 12.4 Å². The van der Waals surface area contributed by atoms with Gasteiger partial charge in [-0.15, -0.1) is 11.8 Å². The Morgan fingerprint density at radius 1 is 1.18 bits per heavy atom. The quantitative estimate of drug-likeness (QED) is 0.475. The molecule has 0 spiro atoms. The van der Waals surface area contributed by atoms with Gasteiger partial charge in [0, 0.05) is 21.9 Å². The average Bonchev–Trinajstić information content (AvgIpc) is 3.13. The Bertz CT molecular complexity index is 857. The van der Waals surface area contributed by atoms with E-state index in [1.54, 1.807) is 28.8 Å². The number of ether oxygens (including phenoxy) is 1. The van der Waals surface area contributed by atoms with Crippen LogP contribution in [-0.4, -0.2) is 35.2 Å². The Morgan fingerprint density at radius 2 is 1.89 bits per heavy atom. The maximum Gasteiger partial charge on any atom is 0.329 e. The second kappa shape index (κ2) is 9.48. The molecule has 1 aliphatic rings. The van der Waals surface area contributed by atoms with Crippen molar-refractivity contribution in [2.24, 2.45) is 0 Å². The standard InChI is InChI=1S/C22H24ClNO3S/c1-3-4-13-27-22(26)19-14-28-21(17-11-7-8-12-18(17)23)24(19)20(25)16-10-6-5-9-15(16)2/h5-12,19,21H,3-4,13-14H2,1-2H3/t19-,21-/m1/s1. The van der Waals surface area contributed by atoms with Crippen molar-refractivity contribution in [3.8, 4) is 0 Å². The highest BCUT2D eigenvalue weighted by Gasteiger charge is 2.44. The normalized spacial score (nSPS) is 18.9. The predicted octanol–water partition coefficient (Wildman–Crippen LogP) is 5.25. The Morgan fingerprint density at radius 3 is 2.61 bits per heavy atom. The van der Waals surface area contributed by atoms with Crippen LogP contribution in [0.4, 0.5) is 0 Å².